The molecule has 43 heavy (non-hydrogen) atoms. The fraction of sp³-hybridized carbons (Fsp3) is 0.323. The normalized spacial score (nSPS) is 19.4. The molecule has 3 aromatic heterocycles. The number of carbonyl (C=O) groups excluding carboxylic acids is 1. The molecule has 0 radical (unpaired) electrons. The quantitative estimate of drug-likeness (QED) is 0.282. The second kappa shape index (κ2) is 10.7. The largest absolute Gasteiger partial charge is 0.355 e. The number of hydrogen-bond donors (Lipinski definition) is 0. The molecule has 12 heteroatoms. The Morgan fingerprint density at radius 1 is 1.07 bits per heavy atom. The Morgan fingerprint density at radius 3 is 2.63 bits per heavy atom. The molecule has 2 atom stereocenters. The molecule has 4 aromatic rings. The van der Waals surface area contributed by atoms with Gasteiger partial charge in [0.25, 0.3) is 0 Å². The zero-order chi connectivity index (χ0) is 30.0. The van der Waals surface area contributed by atoms with Crippen LogP contribution in [-0.2, 0) is 4.79 Å². The van der Waals surface area contributed by atoms with Crippen LogP contribution in [0.3, 0.4) is 0 Å². The summed E-state index contributed by atoms with van der Waals surface area (Å²) in [4.78, 5) is 45.6. The van der Waals surface area contributed by atoms with Crippen molar-refractivity contribution in [3.05, 3.63) is 77.0 Å². The molecule has 1 aliphatic carbocycles. The number of nitrogens with zero attached hydrogens (tertiary/aromatic N) is 6. The van der Waals surface area contributed by atoms with E-state index >= 15 is 8.78 Å². The topological polar surface area (TPSA) is 84.2 Å². The second-order valence-electron chi connectivity index (χ2n) is 11.1. The highest BCUT2D eigenvalue weighted by molar-refractivity contribution is 8.03. The van der Waals surface area contributed by atoms with Gasteiger partial charge in [0, 0.05) is 40.6 Å². The lowest BCUT2D eigenvalue weighted by molar-refractivity contribution is -0.126. The first-order valence-corrected chi connectivity index (χ1v) is 16.1. The molecule has 8 nitrogen and oxygen atoms in total. The standard InChI is InChI=1S/C31H28F2N6O2S2/c1-4-24(40)37-10-11-38(21-15-20(21)37)29-17-14-19(33)27-25-18(32)6-5-7-22(25)42-12-13-43-23-8-9-34-26(16(2)3)28(23)39(30(17)35-27)31(41)36-29/h4-9,14,16,20-21H,1,10-13,15H2,2-3H3/t20-,21+/m0/s1. The van der Waals surface area contributed by atoms with Gasteiger partial charge < -0.3 is 9.80 Å². The van der Waals surface area contributed by atoms with Crippen LogP contribution in [0.2, 0.25) is 0 Å². The SMILES string of the molecule is C=CC(=O)N1CCN(c2nc(=O)n3c4nc(c(F)cc24)-c2c(F)cccc2SCCSc2ccnc(C(C)C)c2-3)[C@@H]2C[C@@H]21. The number of pyridine rings is 2. The van der Waals surface area contributed by atoms with Crippen LogP contribution >= 0.6 is 23.5 Å². The van der Waals surface area contributed by atoms with Crippen molar-refractivity contribution in [2.75, 3.05) is 29.5 Å². The van der Waals surface area contributed by atoms with E-state index in [1.54, 1.807) is 35.0 Å². The van der Waals surface area contributed by atoms with Crippen LogP contribution in [0, 0.1) is 11.6 Å². The van der Waals surface area contributed by atoms with E-state index in [2.05, 4.69) is 16.5 Å². The number of carbonyl (C=O) groups is 1. The Morgan fingerprint density at radius 2 is 1.86 bits per heavy atom. The van der Waals surface area contributed by atoms with Gasteiger partial charge >= 0.3 is 5.69 Å². The lowest BCUT2D eigenvalue weighted by atomic mass is 10.1. The molecule has 2 aliphatic heterocycles. The van der Waals surface area contributed by atoms with Crippen molar-refractivity contribution in [1.82, 2.24) is 24.4 Å². The summed E-state index contributed by atoms with van der Waals surface area (Å²) in [5.74, 6) is 0.137. The van der Waals surface area contributed by atoms with E-state index in [0.29, 0.717) is 58.5 Å². The Hall–Kier alpha value is -3.77. The minimum Gasteiger partial charge on any atom is -0.349 e. The van der Waals surface area contributed by atoms with Gasteiger partial charge in [-0.1, -0.05) is 26.5 Å². The van der Waals surface area contributed by atoms with Crippen LogP contribution < -0.4 is 10.6 Å². The Balaban J connectivity index is 1.53. The van der Waals surface area contributed by atoms with Crippen molar-refractivity contribution < 1.29 is 13.6 Å². The molecule has 220 valence electrons. The lowest BCUT2D eigenvalue weighted by Gasteiger charge is -2.35. The monoisotopic (exact) mass is 618 g/mol. The van der Waals surface area contributed by atoms with Gasteiger partial charge in [0.15, 0.2) is 11.5 Å². The number of aromatic nitrogens is 4. The van der Waals surface area contributed by atoms with Crippen molar-refractivity contribution >= 4 is 46.3 Å². The van der Waals surface area contributed by atoms with Crippen molar-refractivity contribution in [3.63, 3.8) is 0 Å². The van der Waals surface area contributed by atoms with Gasteiger partial charge in [-0.15, -0.1) is 23.5 Å². The number of fused-ring (bicyclic) bond motifs is 6. The maximum atomic E-state index is 16.2. The van der Waals surface area contributed by atoms with Crippen LogP contribution in [-0.4, -0.2) is 67.0 Å². The highest BCUT2D eigenvalue weighted by atomic mass is 32.2. The second-order valence-corrected chi connectivity index (χ2v) is 13.3. The third kappa shape index (κ3) is 4.62. The number of halogens is 2. The summed E-state index contributed by atoms with van der Waals surface area (Å²) in [6.45, 7) is 8.43. The van der Waals surface area contributed by atoms with Gasteiger partial charge in [-0.2, -0.15) is 4.98 Å². The first kappa shape index (κ1) is 28.0. The number of thioether (sulfide) groups is 2. The van der Waals surface area contributed by atoms with Crippen molar-refractivity contribution in [3.8, 4) is 16.9 Å². The van der Waals surface area contributed by atoms with Crippen molar-refractivity contribution in [2.24, 2.45) is 0 Å². The van der Waals surface area contributed by atoms with Crippen LogP contribution in [0.1, 0.15) is 31.9 Å². The lowest BCUT2D eigenvalue weighted by Crippen LogP contribution is -2.49. The number of amides is 1. The average Bonchev–Trinajstić information content (AvgIpc) is 3.79. The third-order valence-electron chi connectivity index (χ3n) is 8.13. The molecule has 1 amide bonds. The molecule has 1 saturated carbocycles. The van der Waals surface area contributed by atoms with E-state index in [-0.39, 0.29) is 40.8 Å². The highest BCUT2D eigenvalue weighted by Gasteiger charge is 2.51. The molecular weight excluding hydrogens is 591 g/mol. The first-order chi connectivity index (χ1) is 20.8. The predicted octanol–water partition coefficient (Wildman–Crippen LogP) is 5.42. The molecule has 0 unspecified atom stereocenters. The maximum absolute atomic E-state index is 16.2. The molecular formula is C31H28F2N6O2S2. The Kier molecular flexibility index (Phi) is 7.00. The molecule has 0 spiro atoms. The molecule has 0 N–H and O–H groups in total. The smallest absolute Gasteiger partial charge is 0.349 e. The van der Waals surface area contributed by atoms with Crippen molar-refractivity contribution in [2.45, 2.75) is 48.1 Å². The third-order valence-corrected chi connectivity index (χ3v) is 10.5. The van der Waals surface area contributed by atoms with Gasteiger partial charge in [-0.3, -0.25) is 9.78 Å². The van der Waals surface area contributed by atoms with Crippen LogP contribution in [0.15, 0.2) is 63.8 Å². The van der Waals surface area contributed by atoms with E-state index in [9.17, 15) is 9.59 Å². The minimum absolute atomic E-state index is 0.0414. The fourth-order valence-electron chi connectivity index (χ4n) is 6.11. The molecule has 2 fully saturated rings. The van der Waals surface area contributed by atoms with E-state index in [1.165, 1.54) is 34.5 Å². The predicted molar refractivity (Wildman–Crippen MR) is 165 cm³/mol. The van der Waals surface area contributed by atoms with Crippen LogP contribution in [0.25, 0.3) is 28.0 Å². The summed E-state index contributed by atoms with van der Waals surface area (Å²) in [5.41, 5.74) is 0.770. The summed E-state index contributed by atoms with van der Waals surface area (Å²) in [6, 6.07) is 7.75. The van der Waals surface area contributed by atoms with Gasteiger partial charge in [0.05, 0.1) is 34.4 Å². The highest BCUT2D eigenvalue weighted by Crippen LogP contribution is 2.43. The summed E-state index contributed by atoms with van der Waals surface area (Å²) >= 11 is 3.02. The number of piperazine rings is 1. The zero-order valence-corrected chi connectivity index (χ0v) is 25.2. The summed E-state index contributed by atoms with van der Waals surface area (Å²) < 4.78 is 33.0. The van der Waals surface area contributed by atoms with E-state index < -0.39 is 17.3 Å². The Bertz CT molecular complexity index is 1880. The molecule has 5 heterocycles. The summed E-state index contributed by atoms with van der Waals surface area (Å²) in [5, 5.41) is 0.340. The first-order valence-electron chi connectivity index (χ1n) is 14.1. The molecule has 1 aromatic carbocycles. The summed E-state index contributed by atoms with van der Waals surface area (Å²) in [7, 11) is 0. The minimum atomic E-state index is -0.706. The van der Waals surface area contributed by atoms with E-state index in [4.69, 9.17) is 4.98 Å². The molecule has 7 rings (SSSR count). The molecule has 1 saturated heterocycles. The van der Waals surface area contributed by atoms with Gasteiger partial charge in [0.1, 0.15) is 17.3 Å². The number of benzene rings is 1. The van der Waals surface area contributed by atoms with Crippen LogP contribution in [0.4, 0.5) is 14.6 Å². The molecule has 3 aliphatic rings. The average molecular weight is 619 g/mol. The fourth-order valence-corrected chi connectivity index (χ4v) is 8.22. The number of hydrogen-bond acceptors (Lipinski definition) is 8. The van der Waals surface area contributed by atoms with Gasteiger partial charge in [-0.25, -0.2) is 23.1 Å². The van der Waals surface area contributed by atoms with E-state index in [1.807, 2.05) is 24.8 Å². The van der Waals surface area contributed by atoms with Gasteiger partial charge in [-0.05, 0) is 42.7 Å². The zero-order valence-electron chi connectivity index (χ0n) is 23.6. The Labute approximate surface area is 255 Å². The van der Waals surface area contributed by atoms with Crippen molar-refractivity contribution in [1.29, 1.82) is 0 Å². The maximum Gasteiger partial charge on any atom is 0.355 e. The van der Waals surface area contributed by atoms with E-state index in [0.717, 1.165) is 4.90 Å². The van der Waals surface area contributed by atoms with Crippen LogP contribution in [0.5, 0.6) is 0 Å². The molecule has 2 bridgehead atoms. The number of rotatable bonds is 3. The van der Waals surface area contributed by atoms with Gasteiger partial charge in [0.2, 0.25) is 5.91 Å². The summed E-state index contributed by atoms with van der Waals surface area (Å²) in [6.07, 6.45) is 3.74. The number of anilines is 1.